The Labute approximate surface area is 147 Å². The van der Waals surface area contributed by atoms with E-state index in [9.17, 15) is 14.7 Å². The molecule has 0 saturated carbocycles. The van der Waals surface area contributed by atoms with Crippen LogP contribution in [0, 0.1) is 6.92 Å². The van der Waals surface area contributed by atoms with Gasteiger partial charge >= 0.3 is 5.97 Å². The molecule has 0 aliphatic heterocycles. The van der Waals surface area contributed by atoms with E-state index in [1.54, 1.807) is 42.7 Å². The van der Waals surface area contributed by atoms with E-state index >= 15 is 0 Å². The third-order valence-corrected chi connectivity index (χ3v) is 4.23. The number of carbonyl (C=O) groups is 1. The molecular weight excluding hydrogens is 318 g/mol. The lowest BCUT2D eigenvalue weighted by molar-refractivity contribution is 0.0521. The number of aromatic nitrogens is 1. The van der Waals surface area contributed by atoms with Gasteiger partial charge in [-0.2, -0.15) is 0 Å². The molecule has 1 heterocycles. The molecule has 5 heteroatoms. The number of nitrogens with zero attached hydrogens (tertiary/aromatic N) is 1. The van der Waals surface area contributed by atoms with Crippen molar-refractivity contribution in [3.8, 4) is 16.9 Å². The second kappa shape index (κ2) is 8.51. The van der Waals surface area contributed by atoms with Gasteiger partial charge < -0.3 is 14.4 Å². The van der Waals surface area contributed by atoms with Crippen molar-refractivity contribution in [2.24, 2.45) is 0 Å². The first-order chi connectivity index (χ1) is 12.0. The fourth-order valence-electron chi connectivity index (χ4n) is 2.92. The molecule has 0 bridgehead atoms. The predicted molar refractivity (Wildman–Crippen MR) is 98.0 cm³/mol. The summed E-state index contributed by atoms with van der Waals surface area (Å²) in [5.74, 6) is -0.919. The number of ether oxygens (including phenoxy) is 1. The summed E-state index contributed by atoms with van der Waals surface area (Å²) in [6, 6.07) is 8.91. The molecule has 134 valence electrons. The lowest BCUT2D eigenvalue weighted by Gasteiger charge is -2.18. The van der Waals surface area contributed by atoms with E-state index in [2.05, 4.69) is 6.92 Å². The van der Waals surface area contributed by atoms with Crippen LogP contribution in [0.25, 0.3) is 11.1 Å². The molecule has 25 heavy (non-hydrogen) atoms. The molecule has 1 N–H and O–H groups in total. The van der Waals surface area contributed by atoms with Crippen LogP contribution in [0.5, 0.6) is 5.75 Å². The van der Waals surface area contributed by atoms with Crippen LogP contribution in [-0.4, -0.2) is 22.2 Å². The first kappa shape index (κ1) is 18.8. The van der Waals surface area contributed by atoms with Crippen LogP contribution < -0.4 is 5.56 Å². The molecule has 0 saturated heterocycles. The summed E-state index contributed by atoms with van der Waals surface area (Å²) in [5.41, 5.74) is 0.949. The van der Waals surface area contributed by atoms with Gasteiger partial charge in [0.2, 0.25) is 0 Å². The highest BCUT2D eigenvalue weighted by Crippen LogP contribution is 2.31. The standard InChI is InChI=1S/C20H25NO4/c1-4-6-10-13-21-14(3)16(20(24)25-5-2)18(22)17(19(21)23)15-11-8-7-9-12-15/h7-9,11-12,22H,4-6,10,13H2,1-3H3. The zero-order valence-corrected chi connectivity index (χ0v) is 15.0. The van der Waals surface area contributed by atoms with E-state index in [1.165, 1.54) is 0 Å². The zero-order valence-electron chi connectivity index (χ0n) is 15.0. The Balaban J connectivity index is 2.70. The van der Waals surface area contributed by atoms with Crippen molar-refractivity contribution in [3.63, 3.8) is 0 Å². The zero-order chi connectivity index (χ0) is 18.4. The van der Waals surface area contributed by atoms with Crippen LogP contribution in [0.2, 0.25) is 0 Å². The van der Waals surface area contributed by atoms with E-state index in [1.807, 2.05) is 6.07 Å². The summed E-state index contributed by atoms with van der Waals surface area (Å²) in [6.45, 7) is 6.18. The average molecular weight is 343 g/mol. The molecule has 5 nitrogen and oxygen atoms in total. The molecule has 0 aliphatic rings. The molecule has 0 fully saturated rings. The summed E-state index contributed by atoms with van der Waals surface area (Å²) >= 11 is 0. The van der Waals surface area contributed by atoms with Gasteiger partial charge in [0.25, 0.3) is 5.56 Å². The summed E-state index contributed by atoms with van der Waals surface area (Å²) in [5, 5.41) is 10.7. The maximum absolute atomic E-state index is 13.0. The van der Waals surface area contributed by atoms with Crippen molar-refractivity contribution in [2.45, 2.75) is 46.6 Å². The van der Waals surface area contributed by atoms with Crippen molar-refractivity contribution in [3.05, 3.63) is 51.9 Å². The van der Waals surface area contributed by atoms with Gasteiger partial charge in [0.15, 0.2) is 0 Å². The third kappa shape index (κ3) is 3.92. The Hall–Kier alpha value is -2.56. The lowest BCUT2D eigenvalue weighted by Crippen LogP contribution is -2.27. The number of pyridine rings is 1. The molecule has 1 aromatic carbocycles. The monoisotopic (exact) mass is 343 g/mol. The van der Waals surface area contributed by atoms with Crippen LogP contribution in [-0.2, 0) is 11.3 Å². The summed E-state index contributed by atoms with van der Waals surface area (Å²) in [4.78, 5) is 25.4. The second-order valence-corrected chi connectivity index (χ2v) is 5.93. The maximum atomic E-state index is 13.0. The SMILES string of the molecule is CCCCCn1c(C)c(C(=O)OCC)c(O)c(-c2ccccc2)c1=O. The van der Waals surface area contributed by atoms with Crippen molar-refractivity contribution in [1.82, 2.24) is 4.57 Å². The van der Waals surface area contributed by atoms with E-state index in [-0.39, 0.29) is 29.0 Å². The van der Waals surface area contributed by atoms with Crippen molar-refractivity contribution >= 4 is 5.97 Å². The van der Waals surface area contributed by atoms with Crippen LogP contribution in [0.4, 0.5) is 0 Å². The molecule has 1 aromatic heterocycles. The minimum Gasteiger partial charge on any atom is -0.506 e. The van der Waals surface area contributed by atoms with Gasteiger partial charge in [-0.15, -0.1) is 0 Å². The molecule has 0 aliphatic carbocycles. The number of carbonyl (C=O) groups excluding carboxylic acids is 1. The molecular formula is C20H25NO4. The minimum atomic E-state index is -0.612. The van der Waals surface area contributed by atoms with Crippen LogP contribution >= 0.6 is 0 Å². The third-order valence-electron chi connectivity index (χ3n) is 4.23. The van der Waals surface area contributed by atoms with Crippen molar-refractivity contribution in [1.29, 1.82) is 0 Å². The van der Waals surface area contributed by atoms with Gasteiger partial charge in [-0.25, -0.2) is 4.79 Å². The fourth-order valence-corrected chi connectivity index (χ4v) is 2.92. The first-order valence-electron chi connectivity index (χ1n) is 8.71. The van der Waals surface area contributed by atoms with Crippen molar-refractivity contribution in [2.75, 3.05) is 6.61 Å². The number of unbranched alkanes of at least 4 members (excludes halogenated alkanes) is 2. The summed E-state index contributed by atoms with van der Waals surface area (Å²) in [7, 11) is 0. The lowest BCUT2D eigenvalue weighted by atomic mass is 10.0. The van der Waals surface area contributed by atoms with Gasteiger partial charge in [0, 0.05) is 12.2 Å². The Kier molecular flexibility index (Phi) is 6.39. The predicted octanol–water partition coefficient (Wildman–Crippen LogP) is 3.90. The molecule has 0 unspecified atom stereocenters. The van der Waals surface area contributed by atoms with E-state index in [0.717, 1.165) is 19.3 Å². The number of hydrogen-bond donors (Lipinski definition) is 1. The normalized spacial score (nSPS) is 10.7. The highest BCUT2D eigenvalue weighted by molar-refractivity contribution is 5.96. The Morgan fingerprint density at radius 2 is 1.84 bits per heavy atom. The molecule has 0 radical (unpaired) electrons. The largest absolute Gasteiger partial charge is 0.506 e. The number of rotatable bonds is 7. The Morgan fingerprint density at radius 1 is 1.16 bits per heavy atom. The van der Waals surface area contributed by atoms with Gasteiger partial charge in [-0.3, -0.25) is 4.79 Å². The van der Waals surface area contributed by atoms with Gasteiger partial charge in [-0.1, -0.05) is 50.1 Å². The summed E-state index contributed by atoms with van der Waals surface area (Å²) < 4.78 is 6.66. The average Bonchev–Trinajstić information content (AvgIpc) is 2.59. The number of esters is 1. The highest BCUT2D eigenvalue weighted by atomic mass is 16.5. The quantitative estimate of drug-likeness (QED) is 0.611. The number of hydrogen-bond acceptors (Lipinski definition) is 4. The molecule has 0 atom stereocenters. The van der Waals surface area contributed by atoms with Crippen LogP contribution in [0.15, 0.2) is 35.1 Å². The highest BCUT2D eigenvalue weighted by Gasteiger charge is 2.25. The second-order valence-electron chi connectivity index (χ2n) is 5.93. The van der Waals surface area contributed by atoms with Crippen LogP contribution in [0.1, 0.15) is 49.2 Å². The minimum absolute atomic E-state index is 0.0665. The van der Waals surface area contributed by atoms with Crippen LogP contribution in [0.3, 0.4) is 0 Å². The van der Waals surface area contributed by atoms with Gasteiger partial charge in [0.05, 0.1) is 12.2 Å². The summed E-state index contributed by atoms with van der Waals surface area (Å²) in [6.07, 6.45) is 2.85. The first-order valence-corrected chi connectivity index (χ1v) is 8.71. The smallest absolute Gasteiger partial charge is 0.343 e. The maximum Gasteiger partial charge on any atom is 0.343 e. The van der Waals surface area contributed by atoms with E-state index < -0.39 is 5.97 Å². The molecule has 0 amide bonds. The molecule has 0 spiro atoms. The number of benzene rings is 1. The van der Waals surface area contributed by atoms with Gasteiger partial charge in [-0.05, 0) is 25.8 Å². The topological polar surface area (TPSA) is 68.5 Å². The van der Waals surface area contributed by atoms with E-state index in [0.29, 0.717) is 17.8 Å². The Bertz CT molecular complexity index is 794. The molecule has 2 aromatic rings. The van der Waals surface area contributed by atoms with Gasteiger partial charge in [0.1, 0.15) is 11.3 Å². The van der Waals surface area contributed by atoms with Crippen molar-refractivity contribution < 1.29 is 14.6 Å². The number of aromatic hydroxyl groups is 1. The fraction of sp³-hybridized carbons (Fsp3) is 0.400. The van der Waals surface area contributed by atoms with E-state index in [4.69, 9.17) is 4.74 Å². The Morgan fingerprint density at radius 3 is 2.44 bits per heavy atom. The molecule has 2 rings (SSSR count).